The number of hydrogen-bond donors (Lipinski definition) is 2. The summed E-state index contributed by atoms with van der Waals surface area (Å²) in [5.74, 6) is 0. The Morgan fingerprint density at radius 2 is 1.79 bits per heavy atom. The molecule has 1 aromatic rings. The molecular weight excluding hydrogens is 304 g/mol. The van der Waals surface area contributed by atoms with Gasteiger partial charge in [-0.25, -0.2) is 4.79 Å². The molecule has 136 valence electrons. The highest BCUT2D eigenvalue weighted by Gasteiger charge is 2.15. The van der Waals surface area contributed by atoms with Crippen LogP contribution in [-0.2, 0) is 11.3 Å². The van der Waals surface area contributed by atoms with Gasteiger partial charge in [-0.1, -0.05) is 30.3 Å². The minimum Gasteiger partial charge on any atom is -0.444 e. The summed E-state index contributed by atoms with van der Waals surface area (Å²) in [6, 6.07) is 10.4. The molecule has 0 unspecified atom stereocenters. The first-order valence-electron chi connectivity index (χ1n) is 8.75. The molecule has 0 fully saturated rings. The van der Waals surface area contributed by atoms with Gasteiger partial charge >= 0.3 is 6.09 Å². The second kappa shape index (κ2) is 11.0. The SMILES string of the molecule is CC(C)(C)OC(=O)NCCCN(CCCCO)Cc1ccccc1. The number of carbonyl (C=O) groups excluding carboxylic acids is 1. The van der Waals surface area contributed by atoms with Crippen LogP contribution in [-0.4, -0.2) is 47.9 Å². The van der Waals surface area contributed by atoms with Gasteiger partial charge in [0.15, 0.2) is 0 Å². The van der Waals surface area contributed by atoms with Crippen LogP contribution in [0.2, 0.25) is 0 Å². The van der Waals surface area contributed by atoms with Crippen LogP contribution in [0.4, 0.5) is 4.79 Å². The van der Waals surface area contributed by atoms with E-state index < -0.39 is 5.60 Å². The summed E-state index contributed by atoms with van der Waals surface area (Å²) < 4.78 is 5.23. The average molecular weight is 336 g/mol. The molecule has 1 aromatic carbocycles. The maximum atomic E-state index is 11.6. The summed E-state index contributed by atoms with van der Waals surface area (Å²) in [5.41, 5.74) is 0.815. The largest absolute Gasteiger partial charge is 0.444 e. The fourth-order valence-electron chi connectivity index (χ4n) is 2.37. The van der Waals surface area contributed by atoms with E-state index in [-0.39, 0.29) is 12.7 Å². The molecule has 0 atom stereocenters. The Morgan fingerprint density at radius 3 is 2.42 bits per heavy atom. The van der Waals surface area contributed by atoms with Gasteiger partial charge in [-0.15, -0.1) is 0 Å². The molecule has 0 bridgehead atoms. The number of carbonyl (C=O) groups is 1. The van der Waals surface area contributed by atoms with E-state index in [1.807, 2.05) is 39.0 Å². The van der Waals surface area contributed by atoms with Crippen molar-refractivity contribution in [1.82, 2.24) is 10.2 Å². The fraction of sp³-hybridized carbons (Fsp3) is 0.632. The highest BCUT2D eigenvalue weighted by atomic mass is 16.6. The lowest BCUT2D eigenvalue weighted by molar-refractivity contribution is 0.0525. The molecule has 0 aliphatic carbocycles. The predicted molar refractivity (Wildman–Crippen MR) is 96.9 cm³/mol. The van der Waals surface area contributed by atoms with Crippen LogP contribution in [0.25, 0.3) is 0 Å². The number of nitrogens with one attached hydrogen (secondary N) is 1. The molecule has 0 radical (unpaired) electrons. The van der Waals surface area contributed by atoms with E-state index in [9.17, 15) is 4.79 Å². The van der Waals surface area contributed by atoms with Crippen LogP contribution >= 0.6 is 0 Å². The van der Waals surface area contributed by atoms with Gasteiger partial charge < -0.3 is 15.2 Å². The Bertz CT molecular complexity index is 457. The molecule has 0 spiro atoms. The number of aliphatic hydroxyl groups is 1. The van der Waals surface area contributed by atoms with E-state index in [2.05, 4.69) is 22.3 Å². The first kappa shape index (κ1) is 20.5. The Balaban J connectivity index is 2.34. The molecule has 0 aliphatic heterocycles. The van der Waals surface area contributed by atoms with Crippen LogP contribution in [0.15, 0.2) is 30.3 Å². The Kier molecular flexibility index (Phi) is 9.42. The van der Waals surface area contributed by atoms with Gasteiger partial charge in [-0.05, 0) is 52.1 Å². The summed E-state index contributed by atoms with van der Waals surface area (Å²) >= 11 is 0. The van der Waals surface area contributed by atoms with Gasteiger partial charge in [-0.2, -0.15) is 0 Å². The molecule has 0 heterocycles. The van der Waals surface area contributed by atoms with Crippen molar-refractivity contribution in [2.45, 2.75) is 52.2 Å². The standard InChI is InChI=1S/C19H32N2O3/c1-19(2,3)24-18(23)20-12-9-14-21(13-7-8-15-22)16-17-10-5-4-6-11-17/h4-6,10-11,22H,7-9,12-16H2,1-3H3,(H,20,23). The zero-order valence-corrected chi connectivity index (χ0v) is 15.3. The quantitative estimate of drug-likeness (QED) is 0.644. The predicted octanol–water partition coefficient (Wildman–Crippen LogP) is 3.18. The van der Waals surface area contributed by atoms with Crippen molar-refractivity contribution >= 4 is 6.09 Å². The van der Waals surface area contributed by atoms with Crippen molar-refractivity contribution in [3.8, 4) is 0 Å². The molecular formula is C19H32N2O3. The van der Waals surface area contributed by atoms with Gasteiger partial charge in [0.25, 0.3) is 0 Å². The van der Waals surface area contributed by atoms with E-state index in [1.165, 1.54) is 5.56 Å². The van der Waals surface area contributed by atoms with E-state index in [4.69, 9.17) is 9.84 Å². The number of unbranched alkanes of at least 4 members (excludes halogenated alkanes) is 1. The number of aliphatic hydroxyl groups excluding tert-OH is 1. The molecule has 5 nitrogen and oxygen atoms in total. The molecule has 0 aromatic heterocycles. The molecule has 0 saturated heterocycles. The van der Waals surface area contributed by atoms with E-state index >= 15 is 0 Å². The number of nitrogens with zero attached hydrogens (tertiary/aromatic N) is 1. The van der Waals surface area contributed by atoms with Gasteiger partial charge in [0, 0.05) is 26.2 Å². The maximum absolute atomic E-state index is 11.6. The first-order chi connectivity index (χ1) is 11.4. The molecule has 1 amide bonds. The van der Waals surface area contributed by atoms with Crippen LogP contribution in [0.1, 0.15) is 45.6 Å². The minimum absolute atomic E-state index is 0.235. The zero-order chi connectivity index (χ0) is 17.8. The summed E-state index contributed by atoms with van der Waals surface area (Å²) in [7, 11) is 0. The smallest absolute Gasteiger partial charge is 0.407 e. The van der Waals surface area contributed by atoms with Crippen LogP contribution in [0.3, 0.4) is 0 Å². The lowest BCUT2D eigenvalue weighted by Crippen LogP contribution is -2.34. The minimum atomic E-state index is -0.465. The van der Waals surface area contributed by atoms with Crippen molar-refractivity contribution in [3.63, 3.8) is 0 Å². The zero-order valence-electron chi connectivity index (χ0n) is 15.3. The molecule has 24 heavy (non-hydrogen) atoms. The fourth-order valence-corrected chi connectivity index (χ4v) is 2.37. The number of ether oxygens (including phenoxy) is 1. The Labute approximate surface area is 146 Å². The molecule has 5 heteroatoms. The van der Waals surface area contributed by atoms with E-state index in [1.54, 1.807) is 0 Å². The van der Waals surface area contributed by atoms with Gasteiger partial charge in [0.05, 0.1) is 0 Å². The monoisotopic (exact) mass is 336 g/mol. The molecule has 0 aliphatic rings. The van der Waals surface area contributed by atoms with Crippen LogP contribution in [0.5, 0.6) is 0 Å². The average Bonchev–Trinajstić information content (AvgIpc) is 2.51. The van der Waals surface area contributed by atoms with Crippen molar-refractivity contribution in [1.29, 1.82) is 0 Å². The number of amides is 1. The van der Waals surface area contributed by atoms with Crippen LogP contribution < -0.4 is 5.32 Å². The molecule has 0 saturated carbocycles. The normalized spacial score (nSPS) is 11.5. The summed E-state index contributed by atoms with van der Waals surface area (Å²) in [4.78, 5) is 14.0. The second-order valence-corrected chi connectivity index (χ2v) is 6.97. The third kappa shape index (κ3) is 10.2. The first-order valence-corrected chi connectivity index (χ1v) is 8.75. The third-order valence-corrected chi connectivity index (χ3v) is 3.45. The second-order valence-electron chi connectivity index (χ2n) is 6.97. The van der Waals surface area contributed by atoms with Crippen molar-refractivity contribution in [3.05, 3.63) is 35.9 Å². The summed E-state index contributed by atoms with van der Waals surface area (Å²) in [6.07, 6.45) is 2.30. The van der Waals surface area contributed by atoms with Crippen molar-refractivity contribution in [2.24, 2.45) is 0 Å². The van der Waals surface area contributed by atoms with E-state index in [0.717, 1.165) is 38.9 Å². The number of hydrogen-bond acceptors (Lipinski definition) is 4. The Morgan fingerprint density at radius 1 is 1.12 bits per heavy atom. The molecule has 2 N–H and O–H groups in total. The number of rotatable bonds is 10. The topological polar surface area (TPSA) is 61.8 Å². The van der Waals surface area contributed by atoms with Crippen LogP contribution in [0, 0.1) is 0 Å². The third-order valence-electron chi connectivity index (χ3n) is 3.45. The van der Waals surface area contributed by atoms with Gasteiger partial charge in [0.2, 0.25) is 0 Å². The number of alkyl carbamates (subject to hydrolysis) is 1. The van der Waals surface area contributed by atoms with Gasteiger partial charge in [-0.3, -0.25) is 4.90 Å². The van der Waals surface area contributed by atoms with E-state index in [0.29, 0.717) is 6.54 Å². The van der Waals surface area contributed by atoms with Crippen molar-refractivity contribution in [2.75, 3.05) is 26.2 Å². The highest BCUT2D eigenvalue weighted by molar-refractivity contribution is 5.67. The lowest BCUT2D eigenvalue weighted by atomic mass is 10.2. The number of benzene rings is 1. The molecule has 1 rings (SSSR count). The lowest BCUT2D eigenvalue weighted by Gasteiger charge is -2.23. The summed E-state index contributed by atoms with van der Waals surface area (Å²) in [6.45, 7) is 9.14. The van der Waals surface area contributed by atoms with Gasteiger partial charge in [0.1, 0.15) is 5.60 Å². The Hall–Kier alpha value is -1.59. The summed E-state index contributed by atoms with van der Waals surface area (Å²) in [5, 5.41) is 11.8. The highest BCUT2D eigenvalue weighted by Crippen LogP contribution is 2.08. The van der Waals surface area contributed by atoms with Crippen molar-refractivity contribution < 1.29 is 14.6 Å². The maximum Gasteiger partial charge on any atom is 0.407 e.